The van der Waals surface area contributed by atoms with Crippen LogP contribution in [0.5, 0.6) is 0 Å². The topological polar surface area (TPSA) is 88.6 Å². The molecule has 7 nitrogen and oxygen atoms in total. The van der Waals surface area contributed by atoms with Crippen molar-refractivity contribution >= 4 is 62.8 Å². The van der Waals surface area contributed by atoms with Gasteiger partial charge in [0.25, 0.3) is 11.5 Å². The summed E-state index contributed by atoms with van der Waals surface area (Å²) in [5.41, 5.74) is 7.59. The fraction of sp³-hybridized carbons (Fsp3) is 0.462. The molecule has 0 spiro atoms. The molecular weight excluding hydrogens is 480 g/mol. The number of thioether (sulfide) groups is 1. The van der Waals surface area contributed by atoms with Gasteiger partial charge in [0, 0.05) is 37.5 Å². The number of hydrogen-bond donors (Lipinski definition) is 1. The van der Waals surface area contributed by atoms with Crippen molar-refractivity contribution in [1.29, 1.82) is 0 Å². The number of nitrogens with two attached hydrogens (primary N) is 1. The number of aryl methyl sites for hydroxylation is 1. The summed E-state index contributed by atoms with van der Waals surface area (Å²) in [5.74, 6) is -0.565. The van der Waals surface area contributed by atoms with Gasteiger partial charge in [-0.15, -0.1) is 0 Å². The molecule has 1 aromatic heterocycles. The van der Waals surface area contributed by atoms with Crippen molar-refractivity contribution in [2.24, 2.45) is 11.7 Å². The van der Waals surface area contributed by atoms with E-state index in [9.17, 15) is 14.4 Å². The third-order valence-electron chi connectivity index (χ3n) is 6.84. The number of carbonyl (C=O) groups is 2. The highest BCUT2D eigenvalue weighted by molar-refractivity contribution is 8.26. The van der Waals surface area contributed by atoms with Crippen molar-refractivity contribution in [2.45, 2.75) is 52.5 Å². The minimum absolute atomic E-state index is 0.130. The minimum atomic E-state index is -0.275. The maximum Gasteiger partial charge on any atom is 0.266 e. The highest BCUT2D eigenvalue weighted by Crippen LogP contribution is 2.37. The smallest absolute Gasteiger partial charge is 0.266 e. The number of hydrogen-bond acceptors (Lipinski definition) is 6. The Kier molecular flexibility index (Phi) is 7.96. The Morgan fingerprint density at radius 3 is 2.54 bits per heavy atom. The number of nitrogens with zero attached hydrogens (tertiary/aromatic N) is 3. The van der Waals surface area contributed by atoms with Gasteiger partial charge in [-0.2, -0.15) is 0 Å². The fourth-order valence-electron chi connectivity index (χ4n) is 4.93. The van der Waals surface area contributed by atoms with Gasteiger partial charge >= 0.3 is 0 Å². The van der Waals surface area contributed by atoms with Crippen molar-refractivity contribution in [3.8, 4) is 0 Å². The second-order valence-electron chi connectivity index (χ2n) is 9.03. The lowest BCUT2D eigenvalue weighted by Crippen LogP contribution is -2.40. The highest BCUT2D eigenvalue weighted by atomic mass is 32.2. The number of para-hydroxylation sites is 1. The first-order chi connectivity index (χ1) is 16.9. The zero-order valence-electron chi connectivity index (χ0n) is 20.3. The van der Waals surface area contributed by atoms with Crippen molar-refractivity contribution in [1.82, 2.24) is 9.47 Å². The van der Waals surface area contributed by atoms with Crippen LogP contribution in [0.4, 0.5) is 5.69 Å². The molecule has 2 fully saturated rings. The fourth-order valence-corrected chi connectivity index (χ4v) is 6.22. The van der Waals surface area contributed by atoms with E-state index < -0.39 is 0 Å². The number of aromatic nitrogens is 1. The van der Waals surface area contributed by atoms with E-state index in [1.54, 1.807) is 15.5 Å². The number of carbonyl (C=O) groups excluding carboxylic acids is 2. The molecule has 3 heterocycles. The third-order valence-corrected chi connectivity index (χ3v) is 8.22. The molecule has 0 aliphatic carbocycles. The van der Waals surface area contributed by atoms with Crippen molar-refractivity contribution in [3.63, 3.8) is 0 Å². The van der Waals surface area contributed by atoms with Crippen LogP contribution < -0.4 is 16.2 Å². The molecule has 0 saturated carbocycles. The van der Waals surface area contributed by atoms with Crippen LogP contribution in [-0.4, -0.2) is 45.2 Å². The SMILES string of the molecule is CCCCCN1C(=O)C(=Cc2c(N3CCC(C(N)=O)CC3)c3ccccc3n(CC)c2=O)SC1=S. The average Bonchev–Trinajstić information content (AvgIpc) is 3.12. The van der Waals surface area contributed by atoms with Gasteiger partial charge < -0.3 is 15.2 Å². The Balaban J connectivity index is 1.82. The van der Waals surface area contributed by atoms with Crippen LogP contribution in [0.2, 0.25) is 0 Å². The summed E-state index contributed by atoms with van der Waals surface area (Å²) in [6.07, 6.45) is 6.00. The maximum absolute atomic E-state index is 13.8. The molecule has 1 aromatic carbocycles. The number of rotatable bonds is 8. The molecular formula is C26H32N4O3S2. The molecule has 186 valence electrons. The van der Waals surface area contributed by atoms with E-state index in [1.165, 1.54) is 11.8 Å². The van der Waals surface area contributed by atoms with Crippen LogP contribution in [-0.2, 0) is 16.1 Å². The summed E-state index contributed by atoms with van der Waals surface area (Å²) in [4.78, 5) is 43.0. The van der Waals surface area contributed by atoms with Gasteiger partial charge in [0.2, 0.25) is 5.91 Å². The minimum Gasteiger partial charge on any atom is -0.370 e. The highest BCUT2D eigenvalue weighted by Gasteiger charge is 2.33. The van der Waals surface area contributed by atoms with Crippen molar-refractivity contribution < 1.29 is 9.59 Å². The second kappa shape index (κ2) is 11.0. The van der Waals surface area contributed by atoms with Gasteiger partial charge in [0.15, 0.2) is 0 Å². The predicted octanol–water partition coefficient (Wildman–Crippen LogP) is 4.11. The van der Waals surface area contributed by atoms with E-state index in [1.807, 2.05) is 31.2 Å². The average molecular weight is 513 g/mol. The number of thiocarbonyl (C=S) groups is 1. The van der Waals surface area contributed by atoms with E-state index in [0.29, 0.717) is 53.8 Å². The number of piperidine rings is 1. The first-order valence-corrected chi connectivity index (χ1v) is 13.5. The zero-order valence-corrected chi connectivity index (χ0v) is 21.9. The van der Waals surface area contributed by atoms with Gasteiger partial charge in [-0.25, -0.2) is 0 Å². The largest absolute Gasteiger partial charge is 0.370 e. The van der Waals surface area contributed by atoms with Gasteiger partial charge in [-0.3, -0.25) is 19.3 Å². The Bertz CT molecular complexity index is 1250. The molecule has 35 heavy (non-hydrogen) atoms. The number of anilines is 1. The van der Waals surface area contributed by atoms with E-state index in [2.05, 4.69) is 11.8 Å². The Morgan fingerprint density at radius 1 is 1.17 bits per heavy atom. The Hall–Kier alpha value is -2.65. The molecule has 2 amide bonds. The molecule has 2 N–H and O–H groups in total. The van der Waals surface area contributed by atoms with E-state index in [0.717, 1.165) is 35.9 Å². The molecule has 0 radical (unpaired) electrons. The van der Waals surface area contributed by atoms with E-state index >= 15 is 0 Å². The molecule has 0 unspecified atom stereocenters. The summed E-state index contributed by atoms with van der Waals surface area (Å²) in [6, 6.07) is 7.86. The van der Waals surface area contributed by atoms with Crippen LogP contribution in [0, 0.1) is 5.92 Å². The summed E-state index contributed by atoms with van der Waals surface area (Å²) in [7, 11) is 0. The molecule has 4 rings (SSSR count). The summed E-state index contributed by atoms with van der Waals surface area (Å²) in [6.45, 7) is 6.42. The normalized spacial score (nSPS) is 18.3. The molecule has 0 atom stereocenters. The van der Waals surface area contributed by atoms with Crippen LogP contribution in [0.3, 0.4) is 0 Å². The maximum atomic E-state index is 13.8. The number of amides is 2. The van der Waals surface area contributed by atoms with Crippen molar-refractivity contribution in [2.75, 3.05) is 24.5 Å². The van der Waals surface area contributed by atoms with Gasteiger partial charge in [-0.05, 0) is 38.3 Å². The number of primary amides is 1. The monoisotopic (exact) mass is 512 g/mol. The van der Waals surface area contributed by atoms with Crippen LogP contribution in [0.15, 0.2) is 34.0 Å². The van der Waals surface area contributed by atoms with Gasteiger partial charge in [0.1, 0.15) is 4.32 Å². The predicted molar refractivity (Wildman–Crippen MR) is 147 cm³/mol. The first kappa shape index (κ1) is 25.4. The Morgan fingerprint density at radius 2 is 1.89 bits per heavy atom. The second-order valence-corrected chi connectivity index (χ2v) is 10.7. The molecule has 2 aliphatic rings. The number of fused-ring (bicyclic) bond motifs is 1. The number of benzene rings is 1. The summed E-state index contributed by atoms with van der Waals surface area (Å²) < 4.78 is 2.29. The zero-order chi connectivity index (χ0) is 25.1. The third kappa shape index (κ3) is 5.02. The van der Waals surface area contributed by atoms with E-state index in [-0.39, 0.29) is 23.3 Å². The lowest BCUT2D eigenvalue weighted by molar-refractivity contribution is -0.123. The Labute approximate surface area is 215 Å². The molecule has 9 heteroatoms. The van der Waals surface area contributed by atoms with Gasteiger partial charge in [-0.1, -0.05) is 61.9 Å². The number of pyridine rings is 1. The molecule has 2 saturated heterocycles. The molecule has 2 aromatic rings. The quantitative estimate of drug-likeness (QED) is 0.325. The summed E-state index contributed by atoms with van der Waals surface area (Å²) >= 11 is 6.77. The van der Waals surface area contributed by atoms with Crippen molar-refractivity contribution in [3.05, 3.63) is 45.1 Å². The number of unbranched alkanes of at least 4 members (excludes halogenated alkanes) is 2. The lowest BCUT2D eigenvalue weighted by Gasteiger charge is -2.34. The van der Waals surface area contributed by atoms with Crippen LogP contribution in [0.25, 0.3) is 17.0 Å². The van der Waals surface area contributed by atoms with Crippen LogP contribution >= 0.6 is 24.0 Å². The first-order valence-electron chi connectivity index (χ1n) is 12.3. The lowest BCUT2D eigenvalue weighted by atomic mass is 9.94. The van der Waals surface area contributed by atoms with Gasteiger partial charge in [0.05, 0.1) is 21.7 Å². The van der Waals surface area contributed by atoms with E-state index in [4.69, 9.17) is 18.0 Å². The van der Waals surface area contributed by atoms with Crippen LogP contribution in [0.1, 0.15) is 51.5 Å². The standard InChI is InChI=1S/C26H32N4O3S2/c1-3-5-8-13-30-25(33)21(35-26(30)34)16-19-22(28-14-11-17(12-15-28)23(27)31)18-9-6-7-10-20(18)29(4-2)24(19)32/h6-7,9-10,16-17H,3-5,8,11-15H2,1-2H3,(H2,27,31). The molecule has 2 aliphatic heterocycles. The molecule has 0 bridgehead atoms. The summed E-state index contributed by atoms with van der Waals surface area (Å²) in [5, 5.41) is 0.955.